The van der Waals surface area contributed by atoms with Gasteiger partial charge >= 0.3 is 5.97 Å². The molecule has 188 valence electrons. The third-order valence-electron chi connectivity index (χ3n) is 6.44. The Hall–Kier alpha value is -1.84. The fourth-order valence-corrected chi connectivity index (χ4v) is 4.48. The Morgan fingerprint density at radius 2 is 1.24 bits per heavy atom. The quantitative estimate of drug-likeness (QED) is 0.0918. The van der Waals surface area contributed by atoms with Crippen LogP contribution < -0.4 is 0 Å². The molecule has 1 heterocycles. The molecule has 0 saturated carbocycles. The Morgan fingerprint density at radius 1 is 0.758 bits per heavy atom. The molecule has 0 spiro atoms. The zero-order chi connectivity index (χ0) is 24.3. The second kappa shape index (κ2) is 18.6. The largest absolute Gasteiger partial charge is 0.463 e. The maximum absolute atomic E-state index is 12.7. The zero-order valence-corrected chi connectivity index (χ0v) is 21.9. The van der Waals surface area contributed by atoms with Crippen molar-refractivity contribution in [3.05, 3.63) is 28.6 Å². The number of ether oxygens (including phenoxy) is 1. The van der Waals surface area contributed by atoms with Gasteiger partial charge in [0.2, 0.25) is 0 Å². The summed E-state index contributed by atoms with van der Waals surface area (Å²) in [6.07, 6.45) is 23.6. The van der Waals surface area contributed by atoms with E-state index in [4.69, 9.17) is 4.74 Å². The van der Waals surface area contributed by atoms with E-state index in [1.54, 1.807) is 13.0 Å². The number of aromatic nitrogens is 1. The summed E-state index contributed by atoms with van der Waals surface area (Å²) in [5.41, 5.74) is 3.38. The third kappa shape index (κ3) is 12.8. The van der Waals surface area contributed by atoms with E-state index in [1.165, 1.54) is 89.5 Å². The van der Waals surface area contributed by atoms with Crippen LogP contribution in [0.25, 0.3) is 6.08 Å². The number of carbonyl (C=O) groups excluding carboxylic acids is 2. The van der Waals surface area contributed by atoms with Crippen molar-refractivity contribution < 1.29 is 14.3 Å². The molecule has 0 saturated heterocycles. The zero-order valence-electron chi connectivity index (χ0n) is 21.9. The summed E-state index contributed by atoms with van der Waals surface area (Å²) >= 11 is 0. The molecule has 1 N–H and O–H groups in total. The lowest BCUT2D eigenvalue weighted by Crippen LogP contribution is -2.02. The van der Waals surface area contributed by atoms with Crippen LogP contribution in [0.3, 0.4) is 0 Å². The normalized spacial score (nSPS) is 11.4. The molecular formula is C29H49NO3. The summed E-state index contributed by atoms with van der Waals surface area (Å²) in [5.74, 6) is -0.165. The number of H-pyrrole nitrogens is 1. The van der Waals surface area contributed by atoms with Crippen molar-refractivity contribution in [3.63, 3.8) is 0 Å². The van der Waals surface area contributed by atoms with Gasteiger partial charge in [-0.05, 0) is 38.8 Å². The lowest BCUT2D eigenvalue weighted by atomic mass is 9.99. The standard InChI is InChI=1S/C29H49NO3/c1-5-7-8-9-10-11-12-13-14-15-16-17-18-19-20-21-27(31)29-24(3)26(30-25(29)4)22-23-28(32)33-6-2/h22-23,30H,5-21H2,1-4H3. The topological polar surface area (TPSA) is 59.2 Å². The van der Waals surface area contributed by atoms with Crippen LogP contribution in [-0.2, 0) is 9.53 Å². The van der Waals surface area contributed by atoms with Crippen LogP contribution in [-0.4, -0.2) is 23.3 Å². The Kier molecular flexibility index (Phi) is 16.4. The van der Waals surface area contributed by atoms with Crippen LogP contribution in [0.2, 0.25) is 0 Å². The lowest BCUT2D eigenvalue weighted by Gasteiger charge is -2.04. The Morgan fingerprint density at radius 3 is 1.73 bits per heavy atom. The van der Waals surface area contributed by atoms with Gasteiger partial charge in [0.15, 0.2) is 5.78 Å². The first kappa shape index (κ1) is 29.2. The fourth-order valence-electron chi connectivity index (χ4n) is 4.48. The SMILES string of the molecule is CCCCCCCCCCCCCCCCCC(=O)c1c(C)[nH]c(C=CC(=O)OCC)c1C. The number of hydrogen-bond donors (Lipinski definition) is 1. The molecule has 0 radical (unpaired) electrons. The maximum Gasteiger partial charge on any atom is 0.330 e. The summed E-state index contributed by atoms with van der Waals surface area (Å²) in [6.45, 7) is 8.28. The Bertz CT molecular complexity index is 702. The molecule has 0 fully saturated rings. The van der Waals surface area contributed by atoms with Gasteiger partial charge in [0, 0.05) is 29.4 Å². The molecule has 0 atom stereocenters. The molecule has 1 aromatic heterocycles. The molecule has 1 aromatic rings. The Labute approximate surface area is 203 Å². The number of ketones is 1. The number of hydrogen-bond acceptors (Lipinski definition) is 3. The number of rotatable bonds is 20. The van der Waals surface area contributed by atoms with Gasteiger partial charge in [0.25, 0.3) is 0 Å². The monoisotopic (exact) mass is 459 g/mol. The second-order valence-corrected chi connectivity index (χ2v) is 9.37. The Balaban J connectivity index is 2.13. The molecule has 0 aromatic carbocycles. The van der Waals surface area contributed by atoms with E-state index in [-0.39, 0.29) is 11.8 Å². The molecule has 33 heavy (non-hydrogen) atoms. The summed E-state index contributed by atoms with van der Waals surface area (Å²) in [7, 11) is 0. The highest BCUT2D eigenvalue weighted by Gasteiger charge is 2.16. The van der Waals surface area contributed by atoms with Crippen LogP contribution >= 0.6 is 0 Å². The van der Waals surface area contributed by atoms with Crippen molar-refractivity contribution in [1.82, 2.24) is 4.98 Å². The number of unbranched alkanes of at least 4 members (excludes halogenated alkanes) is 14. The van der Waals surface area contributed by atoms with Crippen LogP contribution in [0.1, 0.15) is 144 Å². The minimum Gasteiger partial charge on any atom is -0.463 e. The van der Waals surface area contributed by atoms with Crippen LogP contribution in [0, 0.1) is 13.8 Å². The highest BCUT2D eigenvalue weighted by Crippen LogP contribution is 2.22. The summed E-state index contributed by atoms with van der Waals surface area (Å²) in [6, 6.07) is 0. The molecular weight excluding hydrogens is 410 g/mol. The van der Waals surface area contributed by atoms with Crippen LogP contribution in [0.4, 0.5) is 0 Å². The van der Waals surface area contributed by atoms with Crippen molar-refractivity contribution >= 4 is 17.8 Å². The molecule has 1 rings (SSSR count). The van der Waals surface area contributed by atoms with E-state index in [1.807, 2.05) is 13.8 Å². The number of aryl methyl sites for hydroxylation is 1. The maximum atomic E-state index is 12.7. The average molecular weight is 460 g/mol. The van der Waals surface area contributed by atoms with Crippen molar-refractivity contribution in [2.45, 2.75) is 130 Å². The molecule has 4 heteroatoms. The first-order valence-corrected chi connectivity index (χ1v) is 13.6. The predicted octanol–water partition coefficient (Wildman–Crippen LogP) is 8.65. The van der Waals surface area contributed by atoms with E-state index in [0.717, 1.165) is 35.4 Å². The van der Waals surface area contributed by atoms with Crippen molar-refractivity contribution in [2.75, 3.05) is 6.61 Å². The predicted molar refractivity (Wildman–Crippen MR) is 140 cm³/mol. The van der Waals surface area contributed by atoms with E-state index in [2.05, 4.69) is 11.9 Å². The minimum absolute atomic E-state index is 0.201. The number of carbonyl (C=O) groups is 2. The van der Waals surface area contributed by atoms with Crippen molar-refractivity contribution in [1.29, 1.82) is 0 Å². The summed E-state index contributed by atoms with van der Waals surface area (Å²) in [5, 5.41) is 0. The van der Waals surface area contributed by atoms with Crippen molar-refractivity contribution in [2.24, 2.45) is 0 Å². The smallest absolute Gasteiger partial charge is 0.330 e. The molecule has 0 amide bonds. The van der Waals surface area contributed by atoms with Gasteiger partial charge in [-0.3, -0.25) is 4.79 Å². The highest BCUT2D eigenvalue weighted by atomic mass is 16.5. The van der Waals surface area contributed by atoms with Crippen LogP contribution in [0.5, 0.6) is 0 Å². The van der Waals surface area contributed by atoms with Gasteiger partial charge in [-0.1, -0.05) is 96.8 Å². The molecule has 0 aliphatic rings. The fraction of sp³-hybridized carbons (Fsp3) is 0.724. The van der Waals surface area contributed by atoms with Crippen LogP contribution in [0.15, 0.2) is 6.08 Å². The van der Waals surface area contributed by atoms with Crippen molar-refractivity contribution in [3.8, 4) is 0 Å². The van der Waals surface area contributed by atoms with Gasteiger partial charge < -0.3 is 9.72 Å². The van der Waals surface area contributed by atoms with E-state index in [9.17, 15) is 9.59 Å². The number of Topliss-reactive ketones (excluding diaryl/α,β-unsaturated/α-hetero) is 1. The third-order valence-corrected chi connectivity index (χ3v) is 6.44. The van der Waals surface area contributed by atoms with Gasteiger partial charge in [0.05, 0.1) is 6.61 Å². The number of aromatic amines is 1. The second-order valence-electron chi connectivity index (χ2n) is 9.37. The highest BCUT2D eigenvalue weighted by molar-refractivity contribution is 5.99. The van der Waals surface area contributed by atoms with Gasteiger partial charge in [-0.15, -0.1) is 0 Å². The molecule has 0 unspecified atom stereocenters. The molecule has 0 bridgehead atoms. The van der Waals surface area contributed by atoms with Gasteiger partial charge in [-0.2, -0.15) is 0 Å². The minimum atomic E-state index is -0.366. The number of nitrogens with one attached hydrogen (secondary N) is 1. The van der Waals surface area contributed by atoms with E-state index >= 15 is 0 Å². The first-order valence-electron chi connectivity index (χ1n) is 13.6. The van der Waals surface area contributed by atoms with E-state index in [0.29, 0.717) is 13.0 Å². The van der Waals surface area contributed by atoms with Gasteiger partial charge in [0.1, 0.15) is 0 Å². The lowest BCUT2D eigenvalue weighted by molar-refractivity contribution is -0.137. The van der Waals surface area contributed by atoms with Gasteiger partial charge in [-0.25, -0.2) is 4.79 Å². The summed E-state index contributed by atoms with van der Waals surface area (Å²) < 4.78 is 4.92. The molecule has 4 nitrogen and oxygen atoms in total. The molecule has 0 aliphatic heterocycles. The average Bonchev–Trinajstić information content (AvgIpc) is 3.08. The van der Waals surface area contributed by atoms with E-state index < -0.39 is 0 Å². The first-order chi connectivity index (χ1) is 16.0. The number of esters is 1. The summed E-state index contributed by atoms with van der Waals surface area (Å²) in [4.78, 5) is 27.5. The molecule has 0 aliphatic carbocycles.